The van der Waals surface area contributed by atoms with Crippen LogP contribution in [0.5, 0.6) is 17.2 Å². The number of nitrogens with zero attached hydrogens (tertiary/aromatic N) is 2. The van der Waals surface area contributed by atoms with Gasteiger partial charge in [0.2, 0.25) is 6.79 Å². The molecular formula is C38H42N6O7. The Bertz CT molecular complexity index is 1900. The highest BCUT2D eigenvalue weighted by Crippen LogP contribution is 2.36. The number of urea groups is 1. The zero-order valence-electron chi connectivity index (χ0n) is 28.7. The van der Waals surface area contributed by atoms with E-state index in [1.54, 1.807) is 78.6 Å². The molecule has 6 rings (SSSR count). The lowest BCUT2D eigenvalue weighted by molar-refractivity contribution is 0.0343. The molecule has 51 heavy (non-hydrogen) atoms. The van der Waals surface area contributed by atoms with Crippen LogP contribution in [0.1, 0.15) is 40.1 Å². The van der Waals surface area contributed by atoms with Crippen molar-refractivity contribution in [2.75, 3.05) is 55.2 Å². The number of nitrogen functional groups attached to an aromatic ring is 1. The smallest absolute Gasteiger partial charge is 0.323 e. The number of hydrogen-bond donors (Lipinski definition) is 5. The number of carbonyl (C=O) groups is 3. The van der Waals surface area contributed by atoms with Crippen molar-refractivity contribution in [3.05, 3.63) is 102 Å². The van der Waals surface area contributed by atoms with Gasteiger partial charge in [-0.1, -0.05) is 37.3 Å². The van der Waals surface area contributed by atoms with Crippen molar-refractivity contribution in [1.82, 2.24) is 9.80 Å². The number of nitrogens with two attached hydrogens (primary N) is 1. The molecule has 13 nitrogen and oxygen atoms in total. The van der Waals surface area contributed by atoms with Crippen LogP contribution in [0.2, 0.25) is 0 Å². The Morgan fingerprint density at radius 1 is 0.961 bits per heavy atom. The second-order valence-corrected chi connectivity index (χ2v) is 12.9. The Kier molecular flexibility index (Phi) is 10.6. The van der Waals surface area contributed by atoms with Crippen LogP contribution >= 0.6 is 0 Å². The van der Waals surface area contributed by atoms with Gasteiger partial charge >= 0.3 is 6.03 Å². The lowest BCUT2D eigenvalue weighted by Crippen LogP contribution is -2.49. The summed E-state index contributed by atoms with van der Waals surface area (Å²) in [6.45, 7) is 5.10. The number of fused-ring (bicyclic) bond motifs is 2. The number of rotatable bonds is 10. The van der Waals surface area contributed by atoms with Crippen LogP contribution < -0.4 is 35.9 Å². The van der Waals surface area contributed by atoms with Crippen LogP contribution in [0.15, 0.2) is 84.9 Å². The van der Waals surface area contributed by atoms with Gasteiger partial charge in [0, 0.05) is 42.9 Å². The molecule has 0 fully saturated rings. The Morgan fingerprint density at radius 3 is 2.47 bits per heavy atom. The van der Waals surface area contributed by atoms with Crippen LogP contribution in [0.3, 0.4) is 0 Å². The SMILES string of the molecule is C[C@@H]1CN([C@H](C)CO)C(=O)c2cccc(NC(=O)Nc3ccc4c(c3)OCO4)c2O[C@H]1CN(C)Cc1ccc(C(=O)Nc2ccccc2N)cc1. The highest BCUT2D eigenvalue weighted by molar-refractivity contribution is 6.06. The Hall–Kier alpha value is -5.79. The van der Waals surface area contributed by atoms with Crippen molar-refractivity contribution in [3.8, 4) is 17.2 Å². The minimum Gasteiger partial charge on any atom is -0.486 e. The molecule has 0 bridgehead atoms. The summed E-state index contributed by atoms with van der Waals surface area (Å²) in [7, 11) is 1.97. The van der Waals surface area contributed by atoms with Gasteiger partial charge in [-0.2, -0.15) is 0 Å². The summed E-state index contributed by atoms with van der Waals surface area (Å²) in [5, 5.41) is 18.5. The van der Waals surface area contributed by atoms with Crippen LogP contribution in [-0.2, 0) is 6.54 Å². The number of anilines is 4. The largest absolute Gasteiger partial charge is 0.486 e. The van der Waals surface area contributed by atoms with Gasteiger partial charge in [-0.25, -0.2) is 4.79 Å². The normalized spacial score (nSPS) is 17.1. The van der Waals surface area contributed by atoms with Gasteiger partial charge in [-0.15, -0.1) is 0 Å². The minimum absolute atomic E-state index is 0.115. The maximum Gasteiger partial charge on any atom is 0.323 e. The molecule has 266 valence electrons. The van der Waals surface area contributed by atoms with Crippen molar-refractivity contribution in [3.63, 3.8) is 0 Å². The number of para-hydroxylation sites is 3. The fourth-order valence-corrected chi connectivity index (χ4v) is 6.07. The van der Waals surface area contributed by atoms with Gasteiger partial charge in [0.1, 0.15) is 6.10 Å². The standard InChI is InChI=1S/C38H42N6O7/c1-23-18-44(24(2)21-45)37(47)28-7-6-10-31(42-38(48)40-27-15-16-32-33(17-27)50-22-49-32)35(28)51-34(23)20-43(3)19-25-11-13-26(14-12-25)36(46)41-30-9-5-4-8-29(30)39/h4-17,23-24,34,45H,18-22,39H2,1-3H3,(H,41,46)(H2,40,42,48)/t23-,24-,34+/m1/s1. The number of aliphatic hydroxyl groups excluding tert-OH is 1. The molecule has 3 atom stereocenters. The quantitative estimate of drug-likeness (QED) is 0.139. The molecule has 4 aromatic rings. The lowest BCUT2D eigenvalue weighted by Gasteiger charge is -2.38. The average molecular weight is 695 g/mol. The fourth-order valence-electron chi connectivity index (χ4n) is 6.07. The highest BCUT2D eigenvalue weighted by atomic mass is 16.7. The van der Waals surface area contributed by atoms with Gasteiger partial charge in [-0.3, -0.25) is 14.5 Å². The summed E-state index contributed by atoms with van der Waals surface area (Å²) in [5.74, 6) is 0.667. The number of benzene rings is 4. The Labute approximate surface area is 296 Å². The first-order valence-electron chi connectivity index (χ1n) is 16.7. The molecule has 4 aromatic carbocycles. The molecule has 0 aliphatic carbocycles. The van der Waals surface area contributed by atoms with Crippen LogP contribution in [0.4, 0.5) is 27.5 Å². The number of amides is 4. The van der Waals surface area contributed by atoms with E-state index >= 15 is 0 Å². The predicted molar refractivity (Wildman–Crippen MR) is 194 cm³/mol. The highest BCUT2D eigenvalue weighted by Gasteiger charge is 2.34. The molecule has 0 spiro atoms. The van der Waals surface area contributed by atoms with Crippen molar-refractivity contribution < 1.29 is 33.7 Å². The van der Waals surface area contributed by atoms with E-state index in [0.29, 0.717) is 59.4 Å². The summed E-state index contributed by atoms with van der Waals surface area (Å²) in [6.07, 6.45) is -0.406. The molecule has 2 aliphatic heterocycles. The molecule has 0 unspecified atom stereocenters. The number of nitrogens with one attached hydrogen (secondary N) is 3. The fraction of sp³-hybridized carbons (Fsp3) is 0.289. The molecule has 6 N–H and O–H groups in total. The summed E-state index contributed by atoms with van der Waals surface area (Å²) in [4.78, 5) is 43.7. The Balaban J connectivity index is 1.18. The number of hydrogen-bond acceptors (Lipinski definition) is 9. The zero-order chi connectivity index (χ0) is 36.1. The first-order chi connectivity index (χ1) is 24.6. The summed E-state index contributed by atoms with van der Waals surface area (Å²) < 4.78 is 17.4. The van der Waals surface area contributed by atoms with Crippen LogP contribution in [0.25, 0.3) is 0 Å². The van der Waals surface area contributed by atoms with E-state index in [1.807, 2.05) is 32.2 Å². The molecule has 4 amide bonds. The van der Waals surface area contributed by atoms with Crippen LogP contribution in [0, 0.1) is 5.92 Å². The lowest BCUT2D eigenvalue weighted by atomic mass is 9.98. The summed E-state index contributed by atoms with van der Waals surface area (Å²) >= 11 is 0. The van der Waals surface area contributed by atoms with Gasteiger partial charge in [0.15, 0.2) is 17.2 Å². The molecule has 0 aromatic heterocycles. The molecule has 0 saturated carbocycles. The average Bonchev–Trinajstić information content (AvgIpc) is 3.59. The van der Waals surface area contributed by atoms with Gasteiger partial charge in [0.05, 0.1) is 35.3 Å². The first-order valence-corrected chi connectivity index (χ1v) is 16.7. The van der Waals surface area contributed by atoms with Crippen molar-refractivity contribution >= 4 is 40.6 Å². The van der Waals surface area contributed by atoms with E-state index in [1.165, 1.54) is 0 Å². The van der Waals surface area contributed by atoms with Crippen LogP contribution in [-0.4, -0.2) is 78.4 Å². The van der Waals surface area contributed by atoms with E-state index in [2.05, 4.69) is 20.9 Å². The maximum absolute atomic E-state index is 13.9. The maximum atomic E-state index is 13.9. The number of aliphatic hydroxyl groups is 1. The molecule has 2 aliphatic rings. The van der Waals surface area contributed by atoms with E-state index in [-0.39, 0.29) is 42.4 Å². The van der Waals surface area contributed by atoms with Crippen molar-refractivity contribution in [2.24, 2.45) is 5.92 Å². The zero-order valence-corrected chi connectivity index (χ0v) is 28.7. The summed E-state index contributed by atoms with van der Waals surface area (Å²) in [6, 6.07) is 23.6. The molecule has 13 heteroatoms. The number of likely N-dealkylation sites (N-methyl/N-ethyl adjacent to an activating group) is 1. The van der Waals surface area contributed by atoms with Crippen molar-refractivity contribution in [2.45, 2.75) is 32.5 Å². The number of carbonyl (C=O) groups excluding carboxylic acids is 3. The Morgan fingerprint density at radius 2 is 1.71 bits per heavy atom. The third-order valence-electron chi connectivity index (χ3n) is 8.94. The van der Waals surface area contributed by atoms with E-state index < -0.39 is 18.2 Å². The van der Waals surface area contributed by atoms with Gasteiger partial charge in [-0.05, 0) is 68.1 Å². The van der Waals surface area contributed by atoms with Gasteiger partial charge in [0.25, 0.3) is 11.8 Å². The minimum atomic E-state index is -0.535. The molecule has 2 heterocycles. The summed E-state index contributed by atoms with van der Waals surface area (Å²) in [5.41, 5.74) is 9.61. The van der Waals surface area contributed by atoms with Gasteiger partial charge < -0.3 is 45.9 Å². The third-order valence-corrected chi connectivity index (χ3v) is 8.94. The van der Waals surface area contributed by atoms with E-state index in [0.717, 1.165) is 5.56 Å². The second-order valence-electron chi connectivity index (χ2n) is 12.9. The van der Waals surface area contributed by atoms with E-state index in [4.69, 9.17) is 19.9 Å². The molecule has 0 saturated heterocycles. The van der Waals surface area contributed by atoms with E-state index in [9.17, 15) is 19.5 Å². The first kappa shape index (κ1) is 35.1. The number of ether oxygens (including phenoxy) is 3. The third kappa shape index (κ3) is 8.17. The van der Waals surface area contributed by atoms with Crippen molar-refractivity contribution in [1.29, 1.82) is 0 Å². The molecular weight excluding hydrogens is 652 g/mol. The monoisotopic (exact) mass is 694 g/mol. The molecule has 0 radical (unpaired) electrons. The second kappa shape index (κ2) is 15.4. The predicted octanol–water partition coefficient (Wildman–Crippen LogP) is 5.25. The topological polar surface area (TPSA) is 168 Å².